The first-order chi connectivity index (χ1) is 6.60. The molecule has 0 saturated carbocycles. The molecule has 0 atom stereocenters. The molecule has 0 saturated heterocycles. The van der Waals surface area contributed by atoms with Gasteiger partial charge in [0.15, 0.2) is 0 Å². The molecule has 0 aliphatic rings. The van der Waals surface area contributed by atoms with Crippen LogP contribution in [0.1, 0.15) is 17.7 Å². The van der Waals surface area contributed by atoms with Crippen LogP contribution < -0.4 is 4.74 Å². The number of methoxy groups -OCH3 is 1. The van der Waals surface area contributed by atoms with Gasteiger partial charge in [0.2, 0.25) is 0 Å². The highest BCUT2D eigenvalue weighted by molar-refractivity contribution is 9.10. The molecule has 2 nitrogen and oxygen atoms in total. The summed E-state index contributed by atoms with van der Waals surface area (Å²) in [7, 11) is 1.31. The van der Waals surface area contributed by atoms with Crippen molar-refractivity contribution in [2.45, 2.75) is 12.3 Å². The Morgan fingerprint density at radius 3 is 2.71 bits per heavy atom. The maximum Gasteiger partial charge on any atom is 0.284 e. The summed E-state index contributed by atoms with van der Waals surface area (Å²) in [4.78, 5) is 3.67. The predicted octanol–water partition coefficient (Wildman–Crippen LogP) is 3.53. The zero-order chi connectivity index (χ0) is 10.7. The van der Waals surface area contributed by atoms with Gasteiger partial charge in [-0.15, -0.1) is 11.6 Å². The Hall–Kier alpha value is -0.420. The van der Waals surface area contributed by atoms with E-state index in [9.17, 15) is 8.78 Å². The van der Waals surface area contributed by atoms with Crippen molar-refractivity contribution in [3.8, 4) is 5.75 Å². The average Bonchev–Trinajstić information content (AvgIpc) is 2.17. The molecule has 1 heterocycles. The molecule has 1 aromatic heterocycles. The van der Waals surface area contributed by atoms with Crippen LogP contribution in [0.25, 0.3) is 0 Å². The molecule has 0 fully saturated rings. The van der Waals surface area contributed by atoms with Crippen LogP contribution in [0.4, 0.5) is 8.78 Å². The van der Waals surface area contributed by atoms with Crippen molar-refractivity contribution in [3.05, 3.63) is 21.9 Å². The number of hydrogen-bond donors (Lipinski definition) is 0. The summed E-state index contributed by atoms with van der Waals surface area (Å²) in [6, 6.07) is 1.45. The Labute approximate surface area is 93.4 Å². The first-order valence-electron chi connectivity index (χ1n) is 3.67. The minimum absolute atomic E-state index is 0.0545. The molecular weight excluding hydrogens is 279 g/mol. The Kier molecular flexibility index (Phi) is 4.07. The van der Waals surface area contributed by atoms with E-state index in [1.807, 2.05) is 0 Å². The van der Waals surface area contributed by atoms with E-state index in [1.165, 1.54) is 13.2 Å². The molecule has 0 amide bonds. The van der Waals surface area contributed by atoms with Crippen molar-refractivity contribution in [2.75, 3.05) is 7.11 Å². The number of rotatable bonds is 3. The van der Waals surface area contributed by atoms with E-state index in [0.29, 0.717) is 10.2 Å². The lowest BCUT2D eigenvalue weighted by molar-refractivity contribution is 0.141. The number of aromatic nitrogens is 1. The van der Waals surface area contributed by atoms with Crippen molar-refractivity contribution in [3.63, 3.8) is 0 Å². The Bertz CT molecular complexity index is 335. The molecule has 0 bridgehead atoms. The first kappa shape index (κ1) is 11.7. The molecule has 1 rings (SSSR count). The normalized spacial score (nSPS) is 10.7. The van der Waals surface area contributed by atoms with Crippen LogP contribution in [0.2, 0.25) is 0 Å². The van der Waals surface area contributed by atoms with Gasteiger partial charge < -0.3 is 4.74 Å². The van der Waals surface area contributed by atoms with Gasteiger partial charge in [-0.3, -0.25) is 0 Å². The number of alkyl halides is 3. The minimum atomic E-state index is -2.66. The SMILES string of the molecule is COc1cc(CCl)c(Br)nc1C(F)F. The monoisotopic (exact) mass is 285 g/mol. The van der Waals surface area contributed by atoms with Crippen LogP contribution in [0.15, 0.2) is 10.7 Å². The van der Waals surface area contributed by atoms with E-state index < -0.39 is 6.43 Å². The van der Waals surface area contributed by atoms with E-state index >= 15 is 0 Å². The van der Waals surface area contributed by atoms with Crippen molar-refractivity contribution >= 4 is 27.5 Å². The number of hydrogen-bond acceptors (Lipinski definition) is 2. The molecule has 1 aromatic rings. The van der Waals surface area contributed by atoms with E-state index in [2.05, 4.69) is 20.9 Å². The standard InChI is InChI=1S/C8H7BrClF2NO/c1-14-5-2-4(3-10)7(9)13-6(5)8(11)12/h2,8H,3H2,1H3. The van der Waals surface area contributed by atoms with Crippen LogP contribution in [-0.2, 0) is 5.88 Å². The summed E-state index contributed by atoms with van der Waals surface area (Å²) in [5.74, 6) is 0.242. The van der Waals surface area contributed by atoms with Gasteiger partial charge in [0.05, 0.1) is 13.0 Å². The molecule has 14 heavy (non-hydrogen) atoms. The van der Waals surface area contributed by atoms with Gasteiger partial charge in [-0.1, -0.05) is 0 Å². The van der Waals surface area contributed by atoms with Crippen LogP contribution >= 0.6 is 27.5 Å². The van der Waals surface area contributed by atoms with Gasteiger partial charge in [-0.25, -0.2) is 13.8 Å². The lowest BCUT2D eigenvalue weighted by Gasteiger charge is -2.09. The maximum atomic E-state index is 12.4. The summed E-state index contributed by atoms with van der Waals surface area (Å²) < 4.78 is 30.0. The van der Waals surface area contributed by atoms with Crippen molar-refractivity contribution in [1.82, 2.24) is 4.98 Å². The fraction of sp³-hybridized carbons (Fsp3) is 0.375. The second-order valence-electron chi connectivity index (χ2n) is 2.46. The fourth-order valence-electron chi connectivity index (χ4n) is 0.938. The molecule has 0 aliphatic carbocycles. The van der Waals surface area contributed by atoms with Gasteiger partial charge in [0, 0.05) is 5.56 Å². The summed E-state index contributed by atoms with van der Waals surface area (Å²) in [6.45, 7) is 0. The van der Waals surface area contributed by atoms with E-state index in [4.69, 9.17) is 16.3 Å². The lowest BCUT2D eigenvalue weighted by Crippen LogP contribution is -1.99. The summed E-state index contributed by atoms with van der Waals surface area (Å²) in [5.41, 5.74) is 0.237. The maximum absolute atomic E-state index is 12.4. The zero-order valence-electron chi connectivity index (χ0n) is 7.23. The van der Waals surface area contributed by atoms with Gasteiger partial charge in [-0.2, -0.15) is 0 Å². The van der Waals surface area contributed by atoms with E-state index in [0.717, 1.165) is 0 Å². The highest BCUT2D eigenvalue weighted by Gasteiger charge is 2.18. The van der Waals surface area contributed by atoms with Crippen molar-refractivity contribution in [2.24, 2.45) is 0 Å². The molecule has 0 radical (unpaired) electrons. The van der Waals surface area contributed by atoms with Gasteiger partial charge >= 0.3 is 0 Å². The van der Waals surface area contributed by atoms with Gasteiger partial charge in [0.25, 0.3) is 6.43 Å². The van der Waals surface area contributed by atoms with Crippen molar-refractivity contribution < 1.29 is 13.5 Å². The Balaban J connectivity index is 3.24. The lowest BCUT2D eigenvalue weighted by atomic mass is 10.2. The number of halogens is 4. The largest absolute Gasteiger partial charge is 0.495 e. The third-order valence-electron chi connectivity index (χ3n) is 1.61. The molecule has 0 N–H and O–H groups in total. The quantitative estimate of drug-likeness (QED) is 0.626. The predicted molar refractivity (Wildman–Crippen MR) is 53.0 cm³/mol. The van der Waals surface area contributed by atoms with Gasteiger partial charge in [-0.05, 0) is 22.0 Å². The molecular formula is C8H7BrClF2NO. The average molecular weight is 287 g/mol. The fourth-order valence-corrected chi connectivity index (χ4v) is 1.75. The molecule has 0 unspecified atom stereocenters. The number of nitrogens with zero attached hydrogens (tertiary/aromatic N) is 1. The Morgan fingerprint density at radius 2 is 2.29 bits per heavy atom. The molecule has 6 heteroatoms. The van der Waals surface area contributed by atoms with E-state index in [1.54, 1.807) is 0 Å². The number of pyridine rings is 1. The van der Waals surface area contributed by atoms with Crippen LogP contribution in [0, 0.1) is 0 Å². The first-order valence-corrected chi connectivity index (χ1v) is 5.00. The second kappa shape index (κ2) is 4.89. The molecule has 0 aromatic carbocycles. The summed E-state index contributed by atoms with van der Waals surface area (Å²) in [5, 5.41) is 0. The zero-order valence-corrected chi connectivity index (χ0v) is 9.57. The van der Waals surface area contributed by atoms with E-state index in [-0.39, 0.29) is 17.3 Å². The summed E-state index contributed by atoms with van der Waals surface area (Å²) >= 11 is 8.63. The number of ether oxygens (including phenoxy) is 1. The highest BCUT2D eigenvalue weighted by Crippen LogP contribution is 2.31. The third-order valence-corrected chi connectivity index (χ3v) is 2.59. The topological polar surface area (TPSA) is 22.1 Å². The molecule has 78 valence electrons. The molecule has 0 spiro atoms. The second-order valence-corrected chi connectivity index (χ2v) is 3.48. The van der Waals surface area contributed by atoms with Crippen LogP contribution in [-0.4, -0.2) is 12.1 Å². The van der Waals surface area contributed by atoms with Crippen LogP contribution in [0.3, 0.4) is 0 Å². The molecule has 0 aliphatic heterocycles. The Morgan fingerprint density at radius 1 is 1.64 bits per heavy atom. The van der Waals surface area contributed by atoms with Crippen molar-refractivity contribution in [1.29, 1.82) is 0 Å². The third kappa shape index (κ3) is 2.33. The minimum Gasteiger partial charge on any atom is -0.495 e. The van der Waals surface area contributed by atoms with Gasteiger partial charge in [0.1, 0.15) is 16.0 Å². The summed E-state index contributed by atoms with van der Waals surface area (Å²) in [6.07, 6.45) is -2.66. The highest BCUT2D eigenvalue weighted by atomic mass is 79.9. The van der Waals surface area contributed by atoms with Crippen LogP contribution in [0.5, 0.6) is 5.75 Å². The smallest absolute Gasteiger partial charge is 0.284 e.